The van der Waals surface area contributed by atoms with Gasteiger partial charge in [-0.15, -0.1) is 0 Å². The first kappa shape index (κ1) is 9.60. The van der Waals surface area contributed by atoms with Gasteiger partial charge in [0.1, 0.15) is 6.10 Å². The SMILES string of the molecule is CC1CCOC1C(=O)NC1C2CNCC21. The molecule has 15 heavy (non-hydrogen) atoms. The van der Waals surface area contributed by atoms with Crippen molar-refractivity contribution in [3.05, 3.63) is 0 Å². The highest BCUT2D eigenvalue weighted by molar-refractivity contribution is 5.82. The molecule has 2 heterocycles. The Morgan fingerprint density at radius 3 is 2.73 bits per heavy atom. The predicted octanol–water partition coefficient (Wildman–Crippen LogP) is -0.255. The quantitative estimate of drug-likeness (QED) is 0.660. The molecule has 4 heteroatoms. The third-order valence-corrected chi connectivity index (χ3v) is 4.05. The Morgan fingerprint density at radius 2 is 2.13 bits per heavy atom. The van der Waals surface area contributed by atoms with Crippen molar-refractivity contribution in [1.29, 1.82) is 0 Å². The molecular formula is C11H18N2O2. The number of carbonyl (C=O) groups is 1. The molecule has 3 aliphatic rings. The Bertz CT molecular complexity index is 272. The van der Waals surface area contributed by atoms with Crippen LogP contribution < -0.4 is 10.6 Å². The Hall–Kier alpha value is -0.610. The molecule has 4 nitrogen and oxygen atoms in total. The minimum Gasteiger partial charge on any atom is -0.368 e. The van der Waals surface area contributed by atoms with Crippen LogP contribution in [0.15, 0.2) is 0 Å². The number of hydrogen-bond donors (Lipinski definition) is 2. The van der Waals surface area contributed by atoms with Gasteiger partial charge in [0, 0.05) is 25.7 Å². The lowest BCUT2D eigenvalue weighted by Crippen LogP contribution is -2.41. The molecule has 84 valence electrons. The number of amides is 1. The van der Waals surface area contributed by atoms with E-state index in [1.165, 1.54) is 0 Å². The van der Waals surface area contributed by atoms with Crippen LogP contribution in [0.5, 0.6) is 0 Å². The minimum absolute atomic E-state index is 0.111. The molecule has 0 radical (unpaired) electrons. The van der Waals surface area contributed by atoms with Crippen LogP contribution in [-0.2, 0) is 9.53 Å². The molecular weight excluding hydrogens is 192 g/mol. The van der Waals surface area contributed by atoms with Crippen molar-refractivity contribution in [2.24, 2.45) is 17.8 Å². The average Bonchev–Trinajstić information content (AvgIpc) is 2.66. The van der Waals surface area contributed by atoms with E-state index in [9.17, 15) is 4.79 Å². The molecule has 2 saturated heterocycles. The molecule has 1 amide bonds. The second kappa shape index (κ2) is 3.46. The number of nitrogens with one attached hydrogen (secondary N) is 2. The zero-order valence-corrected chi connectivity index (χ0v) is 9.03. The lowest BCUT2D eigenvalue weighted by Gasteiger charge is -2.15. The molecule has 0 aromatic rings. The molecule has 3 fully saturated rings. The fourth-order valence-corrected chi connectivity index (χ4v) is 2.91. The maximum atomic E-state index is 11.9. The van der Waals surface area contributed by atoms with Gasteiger partial charge in [0.15, 0.2) is 0 Å². The van der Waals surface area contributed by atoms with E-state index < -0.39 is 0 Å². The summed E-state index contributed by atoms with van der Waals surface area (Å²) in [5.74, 6) is 1.86. The number of piperidine rings is 1. The second-order valence-electron chi connectivity index (χ2n) is 5.08. The molecule has 3 rings (SSSR count). The highest BCUT2D eigenvalue weighted by atomic mass is 16.5. The Kier molecular flexibility index (Phi) is 2.21. The summed E-state index contributed by atoms with van der Waals surface area (Å²) in [5.41, 5.74) is 0. The largest absolute Gasteiger partial charge is 0.368 e. The van der Waals surface area contributed by atoms with Crippen LogP contribution in [0, 0.1) is 17.8 Å². The van der Waals surface area contributed by atoms with Crippen LogP contribution >= 0.6 is 0 Å². The van der Waals surface area contributed by atoms with E-state index in [1.807, 2.05) is 0 Å². The zero-order chi connectivity index (χ0) is 10.4. The number of rotatable bonds is 2. The summed E-state index contributed by atoms with van der Waals surface area (Å²) in [4.78, 5) is 11.9. The van der Waals surface area contributed by atoms with Crippen LogP contribution in [0.3, 0.4) is 0 Å². The fourth-order valence-electron chi connectivity index (χ4n) is 2.91. The molecule has 1 saturated carbocycles. The van der Waals surface area contributed by atoms with E-state index in [0.29, 0.717) is 23.8 Å². The number of hydrogen-bond acceptors (Lipinski definition) is 3. The lowest BCUT2D eigenvalue weighted by molar-refractivity contribution is -0.131. The summed E-state index contributed by atoms with van der Waals surface area (Å²) in [6.45, 7) is 4.96. The van der Waals surface area contributed by atoms with Gasteiger partial charge in [0.25, 0.3) is 0 Å². The third kappa shape index (κ3) is 1.56. The normalized spacial score (nSPS) is 47.7. The summed E-state index contributed by atoms with van der Waals surface area (Å²) in [5, 5.41) is 6.45. The predicted molar refractivity (Wildman–Crippen MR) is 55.3 cm³/mol. The summed E-state index contributed by atoms with van der Waals surface area (Å²) in [6.07, 6.45) is 0.816. The van der Waals surface area contributed by atoms with Crippen LogP contribution in [0.25, 0.3) is 0 Å². The molecule has 0 bridgehead atoms. The van der Waals surface area contributed by atoms with E-state index in [1.54, 1.807) is 0 Å². The van der Waals surface area contributed by atoms with Gasteiger partial charge in [-0.05, 0) is 24.2 Å². The van der Waals surface area contributed by atoms with Gasteiger partial charge in [0.05, 0.1) is 0 Å². The minimum atomic E-state index is -0.195. The van der Waals surface area contributed by atoms with Crippen molar-refractivity contribution in [2.75, 3.05) is 19.7 Å². The topological polar surface area (TPSA) is 50.4 Å². The Morgan fingerprint density at radius 1 is 1.40 bits per heavy atom. The number of fused-ring (bicyclic) bond motifs is 1. The summed E-state index contributed by atoms with van der Waals surface area (Å²) in [6, 6.07) is 0.426. The molecule has 1 aliphatic carbocycles. The van der Waals surface area contributed by atoms with Crippen LogP contribution in [0.4, 0.5) is 0 Å². The smallest absolute Gasteiger partial charge is 0.249 e. The summed E-state index contributed by atoms with van der Waals surface area (Å²) < 4.78 is 5.45. The highest BCUT2D eigenvalue weighted by Gasteiger charge is 2.54. The molecule has 0 spiro atoms. The first-order valence-electron chi connectivity index (χ1n) is 5.90. The lowest BCUT2D eigenvalue weighted by atomic mass is 10.0. The van der Waals surface area contributed by atoms with Crippen molar-refractivity contribution in [2.45, 2.75) is 25.5 Å². The van der Waals surface area contributed by atoms with Crippen molar-refractivity contribution >= 4 is 5.91 Å². The van der Waals surface area contributed by atoms with Crippen LogP contribution in [0.2, 0.25) is 0 Å². The first-order valence-corrected chi connectivity index (χ1v) is 5.90. The molecule has 2 N–H and O–H groups in total. The van der Waals surface area contributed by atoms with Crippen molar-refractivity contribution < 1.29 is 9.53 Å². The van der Waals surface area contributed by atoms with Gasteiger partial charge in [-0.2, -0.15) is 0 Å². The maximum absolute atomic E-state index is 11.9. The number of ether oxygens (including phenoxy) is 1. The van der Waals surface area contributed by atoms with E-state index in [0.717, 1.165) is 26.1 Å². The monoisotopic (exact) mass is 210 g/mol. The van der Waals surface area contributed by atoms with Crippen molar-refractivity contribution in [3.8, 4) is 0 Å². The molecule has 2 aliphatic heterocycles. The Labute approximate surface area is 89.7 Å². The van der Waals surface area contributed by atoms with Crippen molar-refractivity contribution in [1.82, 2.24) is 10.6 Å². The summed E-state index contributed by atoms with van der Waals surface area (Å²) >= 11 is 0. The maximum Gasteiger partial charge on any atom is 0.249 e. The second-order valence-corrected chi connectivity index (χ2v) is 5.08. The van der Waals surface area contributed by atoms with Gasteiger partial charge < -0.3 is 15.4 Å². The zero-order valence-electron chi connectivity index (χ0n) is 9.03. The van der Waals surface area contributed by atoms with E-state index >= 15 is 0 Å². The summed E-state index contributed by atoms with van der Waals surface area (Å²) in [7, 11) is 0. The standard InChI is InChI=1S/C11H18N2O2/c1-6-2-3-15-10(6)11(14)13-9-7-4-12-5-8(7)9/h6-10,12H,2-5H2,1H3,(H,13,14). The average molecular weight is 210 g/mol. The van der Waals surface area contributed by atoms with Gasteiger partial charge in [0.2, 0.25) is 5.91 Å². The van der Waals surface area contributed by atoms with Gasteiger partial charge in [-0.25, -0.2) is 0 Å². The van der Waals surface area contributed by atoms with Gasteiger partial charge >= 0.3 is 0 Å². The first-order chi connectivity index (χ1) is 7.27. The molecule has 0 aromatic heterocycles. The van der Waals surface area contributed by atoms with E-state index in [-0.39, 0.29) is 12.0 Å². The molecule has 0 aromatic carbocycles. The molecule has 4 atom stereocenters. The van der Waals surface area contributed by atoms with Gasteiger partial charge in [-0.1, -0.05) is 6.92 Å². The number of carbonyl (C=O) groups excluding carboxylic acids is 1. The molecule has 4 unspecified atom stereocenters. The highest BCUT2D eigenvalue weighted by Crippen LogP contribution is 2.41. The van der Waals surface area contributed by atoms with E-state index in [2.05, 4.69) is 17.6 Å². The van der Waals surface area contributed by atoms with Gasteiger partial charge in [-0.3, -0.25) is 4.79 Å². The Balaban J connectivity index is 1.53. The van der Waals surface area contributed by atoms with Crippen LogP contribution in [-0.4, -0.2) is 37.7 Å². The third-order valence-electron chi connectivity index (χ3n) is 4.05. The van der Waals surface area contributed by atoms with Crippen LogP contribution in [0.1, 0.15) is 13.3 Å². The van der Waals surface area contributed by atoms with Crippen molar-refractivity contribution in [3.63, 3.8) is 0 Å². The fraction of sp³-hybridized carbons (Fsp3) is 0.909. The van der Waals surface area contributed by atoms with E-state index in [4.69, 9.17) is 4.74 Å².